The molecule has 2 aliphatic rings. The maximum atomic E-state index is 12.1. The molecule has 0 aromatic rings. The molecule has 0 saturated carbocycles. The number of hydrogen-bond donors (Lipinski definition) is 1. The van der Waals surface area contributed by atoms with Crippen molar-refractivity contribution in [1.82, 2.24) is 15.1 Å². The van der Waals surface area contributed by atoms with Crippen molar-refractivity contribution in [3.05, 3.63) is 0 Å². The van der Waals surface area contributed by atoms with Crippen LogP contribution < -0.4 is 5.32 Å². The zero-order chi connectivity index (χ0) is 14.5. The highest BCUT2D eigenvalue weighted by Crippen LogP contribution is 2.11. The molecule has 0 radical (unpaired) electrons. The zero-order valence-corrected chi connectivity index (χ0v) is 12.4. The Kier molecular flexibility index (Phi) is 5.23. The zero-order valence-electron chi connectivity index (χ0n) is 12.4. The third-order valence-electron chi connectivity index (χ3n) is 3.81. The molecule has 0 aliphatic carbocycles. The van der Waals surface area contributed by atoms with Gasteiger partial charge in [0.15, 0.2) is 0 Å². The fourth-order valence-electron chi connectivity index (χ4n) is 2.86. The highest BCUT2D eigenvalue weighted by molar-refractivity contribution is 5.84. The number of urea groups is 1. The minimum absolute atomic E-state index is 0.0207. The quantitative estimate of drug-likeness (QED) is 0.816. The van der Waals surface area contributed by atoms with Gasteiger partial charge in [0.1, 0.15) is 0 Å². The molecule has 2 fully saturated rings. The summed E-state index contributed by atoms with van der Waals surface area (Å²) in [5, 5.41) is 2.73. The Bertz CT molecular complexity index is 346. The van der Waals surface area contributed by atoms with Crippen LogP contribution in [0.2, 0.25) is 0 Å². The Morgan fingerprint density at radius 2 is 1.65 bits per heavy atom. The molecule has 0 aromatic heterocycles. The van der Waals surface area contributed by atoms with E-state index in [-0.39, 0.29) is 30.7 Å². The van der Waals surface area contributed by atoms with Crippen LogP contribution in [0, 0.1) is 0 Å². The lowest BCUT2D eigenvalue weighted by atomic mass is 10.1. The molecule has 20 heavy (non-hydrogen) atoms. The molecule has 6 nitrogen and oxygen atoms in total. The second-order valence-electron chi connectivity index (χ2n) is 5.76. The first-order valence-corrected chi connectivity index (χ1v) is 7.52. The summed E-state index contributed by atoms with van der Waals surface area (Å²) in [7, 11) is 0. The number of carbonyl (C=O) groups is 2. The molecule has 2 atom stereocenters. The van der Waals surface area contributed by atoms with Gasteiger partial charge in [-0.15, -0.1) is 0 Å². The third kappa shape index (κ3) is 4.10. The van der Waals surface area contributed by atoms with Crippen molar-refractivity contribution in [3.8, 4) is 0 Å². The normalized spacial score (nSPS) is 27.3. The van der Waals surface area contributed by atoms with Crippen LogP contribution in [0.25, 0.3) is 0 Å². The smallest absolute Gasteiger partial charge is 0.318 e. The minimum Gasteiger partial charge on any atom is -0.372 e. The van der Waals surface area contributed by atoms with Crippen molar-refractivity contribution in [2.75, 3.05) is 32.7 Å². The minimum atomic E-state index is -0.169. The molecule has 0 unspecified atom stereocenters. The number of likely N-dealkylation sites (tertiary alicyclic amines) is 1. The Labute approximate surface area is 120 Å². The molecule has 0 bridgehead atoms. The van der Waals surface area contributed by atoms with Crippen molar-refractivity contribution in [1.29, 1.82) is 0 Å². The lowest BCUT2D eigenvalue weighted by Crippen LogP contribution is -2.53. The van der Waals surface area contributed by atoms with Crippen LogP contribution in [-0.4, -0.2) is 66.7 Å². The monoisotopic (exact) mass is 283 g/mol. The first kappa shape index (κ1) is 15.1. The number of piperidine rings is 1. The van der Waals surface area contributed by atoms with Gasteiger partial charge in [-0.2, -0.15) is 0 Å². The number of ether oxygens (including phenoxy) is 1. The van der Waals surface area contributed by atoms with Crippen LogP contribution in [0.4, 0.5) is 4.79 Å². The molecular weight excluding hydrogens is 258 g/mol. The molecule has 114 valence electrons. The standard InChI is InChI=1S/C14H25N3O3/c1-11-9-17(10-12(2)20-11)14(19)15-8-13(18)16-6-4-3-5-7-16/h11-12H,3-10H2,1-2H3,(H,15,19)/t11-,12-/m0/s1. The fraction of sp³-hybridized carbons (Fsp3) is 0.857. The van der Waals surface area contributed by atoms with Gasteiger partial charge in [-0.25, -0.2) is 4.79 Å². The summed E-state index contributed by atoms with van der Waals surface area (Å²) >= 11 is 0. The largest absolute Gasteiger partial charge is 0.372 e. The van der Waals surface area contributed by atoms with Gasteiger partial charge in [0.25, 0.3) is 0 Å². The summed E-state index contributed by atoms with van der Waals surface area (Å²) < 4.78 is 5.59. The van der Waals surface area contributed by atoms with E-state index in [0.29, 0.717) is 13.1 Å². The maximum Gasteiger partial charge on any atom is 0.318 e. The van der Waals surface area contributed by atoms with E-state index in [2.05, 4.69) is 5.32 Å². The Hall–Kier alpha value is -1.30. The van der Waals surface area contributed by atoms with Crippen LogP contribution in [0.5, 0.6) is 0 Å². The SMILES string of the molecule is C[C@H]1CN(C(=O)NCC(=O)N2CCCCC2)C[C@H](C)O1. The first-order valence-electron chi connectivity index (χ1n) is 7.52. The molecule has 6 heteroatoms. The third-order valence-corrected chi connectivity index (χ3v) is 3.81. The average Bonchev–Trinajstić information content (AvgIpc) is 2.44. The molecule has 2 saturated heterocycles. The van der Waals surface area contributed by atoms with Gasteiger partial charge in [0, 0.05) is 26.2 Å². The van der Waals surface area contributed by atoms with Gasteiger partial charge in [-0.1, -0.05) is 0 Å². The van der Waals surface area contributed by atoms with E-state index in [1.165, 1.54) is 6.42 Å². The lowest BCUT2D eigenvalue weighted by Gasteiger charge is -2.35. The van der Waals surface area contributed by atoms with Gasteiger partial charge in [-0.05, 0) is 33.1 Å². The Balaban J connectivity index is 1.75. The second kappa shape index (κ2) is 6.92. The van der Waals surface area contributed by atoms with E-state index in [1.807, 2.05) is 18.7 Å². The predicted octanol–water partition coefficient (Wildman–Crippen LogP) is 0.818. The first-order chi connectivity index (χ1) is 9.56. The van der Waals surface area contributed by atoms with Gasteiger partial charge in [0.05, 0.1) is 18.8 Å². The molecule has 2 rings (SSSR count). The van der Waals surface area contributed by atoms with E-state index in [4.69, 9.17) is 4.74 Å². The summed E-state index contributed by atoms with van der Waals surface area (Å²) in [6, 6.07) is -0.169. The van der Waals surface area contributed by atoms with Gasteiger partial charge >= 0.3 is 6.03 Å². The number of nitrogens with zero attached hydrogens (tertiary/aromatic N) is 2. The van der Waals surface area contributed by atoms with Crippen LogP contribution in [-0.2, 0) is 9.53 Å². The number of morpholine rings is 1. The van der Waals surface area contributed by atoms with E-state index in [0.717, 1.165) is 25.9 Å². The molecule has 3 amide bonds. The summed E-state index contributed by atoms with van der Waals surface area (Å²) in [6.45, 7) is 6.80. The van der Waals surface area contributed by atoms with Crippen molar-refractivity contribution in [3.63, 3.8) is 0 Å². The molecule has 1 N–H and O–H groups in total. The topological polar surface area (TPSA) is 61.9 Å². The fourth-order valence-corrected chi connectivity index (χ4v) is 2.86. The maximum absolute atomic E-state index is 12.1. The van der Waals surface area contributed by atoms with Gasteiger partial charge in [0.2, 0.25) is 5.91 Å². The van der Waals surface area contributed by atoms with Crippen LogP contribution in [0.1, 0.15) is 33.1 Å². The van der Waals surface area contributed by atoms with Gasteiger partial charge < -0.3 is 19.9 Å². The van der Waals surface area contributed by atoms with E-state index >= 15 is 0 Å². The molecule has 2 heterocycles. The highest BCUT2D eigenvalue weighted by atomic mass is 16.5. The summed E-state index contributed by atoms with van der Waals surface area (Å²) in [4.78, 5) is 27.6. The van der Waals surface area contributed by atoms with Gasteiger partial charge in [-0.3, -0.25) is 4.79 Å². The van der Waals surface area contributed by atoms with Crippen molar-refractivity contribution >= 4 is 11.9 Å². The summed E-state index contributed by atoms with van der Waals surface area (Å²) in [6.07, 6.45) is 3.42. The van der Waals surface area contributed by atoms with Crippen LogP contribution in [0.3, 0.4) is 0 Å². The summed E-state index contributed by atoms with van der Waals surface area (Å²) in [5.41, 5.74) is 0. The van der Waals surface area contributed by atoms with Crippen molar-refractivity contribution in [2.45, 2.75) is 45.3 Å². The van der Waals surface area contributed by atoms with Crippen molar-refractivity contribution < 1.29 is 14.3 Å². The van der Waals surface area contributed by atoms with Crippen molar-refractivity contribution in [2.24, 2.45) is 0 Å². The number of carbonyl (C=O) groups excluding carboxylic acids is 2. The lowest BCUT2D eigenvalue weighted by molar-refractivity contribution is -0.131. The Morgan fingerprint density at radius 3 is 2.25 bits per heavy atom. The second-order valence-corrected chi connectivity index (χ2v) is 5.76. The van der Waals surface area contributed by atoms with E-state index in [9.17, 15) is 9.59 Å². The van der Waals surface area contributed by atoms with Crippen LogP contribution in [0.15, 0.2) is 0 Å². The number of amides is 3. The molecule has 0 aromatic carbocycles. The number of hydrogen-bond acceptors (Lipinski definition) is 3. The van der Waals surface area contributed by atoms with E-state index in [1.54, 1.807) is 4.90 Å². The molecular formula is C14H25N3O3. The highest BCUT2D eigenvalue weighted by Gasteiger charge is 2.26. The average molecular weight is 283 g/mol. The Morgan fingerprint density at radius 1 is 1.05 bits per heavy atom. The van der Waals surface area contributed by atoms with E-state index < -0.39 is 0 Å². The molecule has 0 spiro atoms. The number of rotatable bonds is 2. The number of nitrogens with one attached hydrogen (secondary N) is 1. The molecule has 2 aliphatic heterocycles. The van der Waals surface area contributed by atoms with Crippen LogP contribution >= 0.6 is 0 Å². The predicted molar refractivity (Wildman–Crippen MR) is 75.4 cm³/mol. The summed E-state index contributed by atoms with van der Waals surface area (Å²) in [5.74, 6) is 0.0207.